The average Bonchev–Trinajstić information content (AvgIpc) is 3.18. The van der Waals surface area contributed by atoms with E-state index in [-0.39, 0.29) is 5.92 Å². The molecular weight excluding hydrogens is 378 g/mol. The van der Waals surface area contributed by atoms with Gasteiger partial charge in [-0.25, -0.2) is 4.98 Å². The number of nitrogens with two attached hydrogens (primary N) is 2. The lowest BCUT2D eigenvalue weighted by Gasteiger charge is -2.16. The molecule has 0 amide bonds. The molecule has 0 fully saturated rings. The standard InChI is InChI=1S/C24H23N3OS/c1-28-21-11-9-18(10-12-21)22(23-15-29-24(26)27-23)13-16-5-7-17(8-6-16)19-3-2-4-20(25)14-19/h2-12,14-15,22H,13,25H2,1H3,(H2,26,27)/t22-/m0/s1. The fraction of sp³-hybridized carbons (Fsp3) is 0.125. The van der Waals surface area contributed by atoms with Gasteiger partial charge in [0.1, 0.15) is 5.75 Å². The first-order valence-corrected chi connectivity index (χ1v) is 10.3. The van der Waals surface area contributed by atoms with Crippen LogP contribution in [0.4, 0.5) is 10.8 Å². The van der Waals surface area contributed by atoms with E-state index in [1.807, 2.05) is 35.7 Å². The average molecular weight is 402 g/mol. The lowest BCUT2D eigenvalue weighted by Crippen LogP contribution is -2.06. The van der Waals surface area contributed by atoms with E-state index in [0.29, 0.717) is 5.13 Å². The van der Waals surface area contributed by atoms with Crippen molar-refractivity contribution in [3.8, 4) is 16.9 Å². The molecule has 146 valence electrons. The zero-order chi connectivity index (χ0) is 20.2. The van der Waals surface area contributed by atoms with Gasteiger partial charge in [-0.2, -0.15) is 0 Å². The number of rotatable bonds is 6. The molecule has 0 aliphatic heterocycles. The van der Waals surface area contributed by atoms with Crippen molar-refractivity contribution in [1.29, 1.82) is 0 Å². The molecule has 1 aromatic heterocycles. The summed E-state index contributed by atoms with van der Waals surface area (Å²) in [7, 11) is 1.68. The molecule has 0 unspecified atom stereocenters. The van der Waals surface area contributed by atoms with E-state index >= 15 is 0 Å². The van der Waals surface area contributed by atoms with E-state index in [1.54, 1.807) is 7.11 Å². The van der Waals surface area contributed by atoms with Crippen molar-refractivity contribution in [3.05, 3.63) is 95.0 Å². The van der Waals surface area contributed by atoms with Gasteiger partial charge in [0.05, 0.1) is 12.8 Å². The van der Waals surface area contributed by atoms with Crippen LogP contribution in [0.25, 0.3) is 11.1 Å². The Balaban J connectivity index is 1.62. The second-order valence-corrected chi connectivity index (χ2v) is 7.85. The molecule has 4 N–H and O–H groups in total. The third-order valence-corrected chi connectivity index (χ3v) is 5.72. The van der Waals surface area contributed by atoms with Gasteiger partial charge in [-0.3, -0.25) is 0 Å². The first kappa shape index (κ1) is 19.0. The smallest absolute Gasteiger partial charge is 0.180 e. The van der Waals surface area contributed by atoms with Crippen LogP contribution < -0.4 is 16.2 Å². The van der Waals surface area contributed by atoms with Crippen molar-refractivity contribution in [2.24, 2.45) is 0 Å². The van der Waals surface area contributed by atoms with Crippen molar-refractivity contribution in [3.63, 3.8) is 0 Å². The molecule has 4 nitrogen and oxygen atoms in total. The van der Waals surface area contributed by atoms with Crippen LogP contribution in [0, 0.1) is 0 Å². The highest BCUT2D eigenvalue weighted by Gasteiger charge is 2.18. The van der Waals surface area contributed by atoms with Crippen LogP contribution >= 0.6 is 11.3 Å². The van der Waals surface area contributed by atoms with Crippen molar-refractivity contribution in [2.45, 2.75) is 12.3 Å². The molecule has 4 aromatic rings. The molecular formula is C24H23N3OS. The van der Waals surface area contributed by atoms with E-state index in [0.717, 1.165) is 34.7 Å². The van der Waals surface area contributed by atoms with Crippen LogP contribution in [0.3, 0.4) is 0 Å². The molecule has 0 saturated heterocycles. The number of anilines is 2. The highest BCUT2D eigenvalue weighted by Crippen LogP contribution is 2.32. The number of nitrogens with zero attached hydrogens (tertiary/aromatic N) is 1. The number of ether oxygens (including phenoxy) is 1. The van der Waals surface area contributed by atoms with Gasteiger partial charge in [0.25, 0.3) is 0 Å². The van der Waals surface area contributed by atoms with Crippen LogP contribution in [-0.2, 0) is 6.42 Å². The Bertz CT molecular complexity index is 1090. The van der Waals surface area contributed by atoms with Gasteiger partial charge in [-0.05, 0) is 52.9 Å². The monoisotopic (exact) mass is 401 g/mol. The van der Waals surface area contributed by atoms with E-state index in [2.05, 4.69) is 47.4 Å². The summed E-state index contributed by atoms with van der Waals surface area (Å²) < 4.78 is 5.30. The minimum Gasteiger partial charge on any atom is -0.497 e. The number of benzene rings is 3. The number of hydrogen-bond donors (Lipinski definition) is 2. The predicted octanol–water partition coefficient (Wildman–Crippen LogP) is 5.36. The Hall–Kier alpha value is -3.31. The summed E-state index contributed by atoms with van der Waals surface area (Å²) in [6.07, 6.45) is 0.840. The molecule has 1 heterocycles. The molecule has 0 radical (unpaired) electrons. The van der Waals surface area contributed by atoms with E-state index < -0.39 is 0 Å². The lowest BCUT2D eigenvalue weighted by molar-refractivity contribution is 0.414. The maximum absolute atomic E-state index is 5.92. The molecule has 5 heteroatoms. The Kier molecular flexibility index (Phi) is 5.49. The molecule has 29 heavy (non-hydrogen) atoms. The molecule has 0 spiro atoms. The van der Waals surface area contributed by atoms with E-state index in [4.69, 9.17) is 16.2 Å². The number of hydrogen-bond acceptors (Lipinski definition) is 5. The third-order valence-electron chi connectivity index (χ3n) is 5.03. The molecule has 3 aromatic carbocycles. The third kappa shape index (κ3) is 4.41. The van der Waals surface area contributed by atoms with Crippen LogP contribution in [0.15, 0.2) is 78.2 Å². The minimum atomic E-state index is 0.132. The van der Waals surface area contributed by atoms with Crippen LogP contribution in [-0.4, -0.2) is 12.1 Å². The molecule has 0 aliphatic rings. The molecule has 4 rings (SSSR count). The SMILES string of the molecule is COc1ccc([C@H](Cc2ccc(-c3cccc(N)c3)cc2)c2csc(N)n2)cc1. The maximum Gasteiger partial charge on any atom is 0.180 e. The summed E-state index contributed by atoms with van der Waals surface area (Å²) in [5.41, 5.74) is 18.3. The maximum atomic E-state index is 5.92. The fourth-order valence-electron chi connectivity index (χ4n) is 3.48. The van der Waals surface area contributed by atoms with Crippen molar-refractivity contribution >= 4 is 22.2 Å². The summed E-state index contributed by atoms with van der Waals surface area (Å²) in [5.74, 6) is 0.976. The summed E-state index contributed by atoms with van der Waals surface area (Å²) >= 11 is 1.48. The number of aromatic nitrogens is 1. The predicted molar refractivity (Wildman–Crippen MR) is 121 cm³/mol. The highest BCUT2D eigenvalue weighted by molar-refractivity contribution is 7.13. The summed E-state index contributed by atoms with van der Waals surface area (Å²) in [6.45, 7) is 0. The first-order chi connectivity index (χ1) is 14.1. The Morgan fingerprint density at radius 2 is 1.69 bits per heavy atom. The Labute approximate surface area is 174 Å². The van der Waals surface area contributed by atoms with Gasteiger partial charge in [-0.1, -0.05) is 48.5 Å². The Morgan fingerprint density at radius 3 is 2.31 bits per heavy atom. The molecule has 0 bridgehead atoms. The van der Waals surface area contributed by atoms with Gasteiger partial charge < -0.3 is 16.2 Å². The number of methoxy groups -OCH3 is 1. The van der Waals surface area contributed by atoms with Crippen LogP contribution in [0.2, 0.25) is 0 Å². The zero-order valence-electron chi connectivity index (χ0n) is 16.2. The lowest BCUT2D eigenvalue weighted by atomic mass is 9.89. The normalized spacial score (nSPS) is 11.9. The highest BCUT2D eigenvalue weighted by atomic mass is 32.1. The van der Waals surface area contributed by atoms with Gasteiger partial charge in [0.2, 0.25) is 0 Å². The van der Waals surface area contributed by atoms with E-state index in [9.17, 15) is 0 Å². The van der Waals surface area contributed by atoms with Crippen LogP contribution in [0.1, 0.15) is 22.7 Å². The van der Waals surface area contributed by atoms with Crippen molar-refractivity contribution < 1.29 is 4.74 Å². The first-order valence-electron chi connectivity index (χ1n) is 9.42. The summed E-state index contributed by atoms with van der Waals surface area (Å²) in [5, 5.41) is 2.64. The second kappa shape index (κ2) is 8.37. The quantitative estimate of drug-likeness (QED) is 0.427. The van der Waals surface area contributed by atoms with Crippen LogP contribution in [0.5, 0.6) is 5.75 Å². The molecule has 0 saturated carbocycles. The minimum absolute atomic E-state index is 0.132. The Morgan fingerprint density at radius 1 is 0.931 bits per heavy atom. The van der Waals surface area contributed by atoms with E-state index in [1.165, 1.54) is 22.5 Å². The molecule has 1 atom stereocenters. The fourth-order valence-corrected chi connectivity index (χ4v) is 4.09. The van der Waals surface area contributed by atoms with Gasteiger partial charge in [-0.15, -0.1) is 11.3 Å². The largest absolute Gasteiger partial charge is 0.497 e. The topological polar surface area (TPSA) is 74.2 Å². The number of thiazole rings is 1. The molecule has 0 aliphatic carbocycles. The number of nitrogen functional groups attached to an aromatic ring is 2. The summed E-state index contributed by atoms with van der Waals surface area (Å²) in [4.78, 5) is 4.55. The second-order valence-electron chi connectivity index (χ2n) is 6.96. The zero-order valence-corrected chi connectivity index (χ0v) is 17.0. The van der Waals surface area contributed by atoms with Gasteiger partial charge >= 0.3 is 0 Å². The van der Waals surface area contributed by atoms with Crippen molar-refractivity contribution in [1.82, 2.24) is 4.98 Å². The van der Waals surface area contributed by atoms with Crippen molar-refractivity contribution in [2.75, 3.05) is 18.6 Å². The summed E-state index contributed by atoms with van der Waals surface area (Å²) in [6, 6.07) is 24.7. The van der Waals surface area contributed by atoms with Gasteiger partial charge in [0.15, 0.2) is 5.13 Å². The van der Waals surface area contributed by atoms with Gasteiger partial charge in [0, 0.05) is 17.0 Å².